The van der Waals surface area contributed by atoms with Crippen molar-refractivity contribution in [3.63, 3.8) is 0 Å². The van der Waals surface area contributed by atoms with Gasteiger partial charge in [0.05, 0.1) is 0 Å². The summed E-state index contributed by atoms with van der Waals surface area (Å²) in [6, 6.07) is 0.296. The Hall–Kier alpha value is -0.570. The smallest absolute Gasteiger partial charge is 0.323 e. The molecule has 82 valence electrons. The molecule has 1 fully saturated rings. The van der Waals surface area contributed by atoms with Crippen molar-refractivity contribution in [2.24, 2.45) is 0 Å². The molecular formula is C11H21NO2. The summed E-state index contributed by atoms with van der Waals surface area (Å²) >= 11 is 0. The summed E-state index contributed by atoms with van der Waals surface area (Å²) in [5, 5.41) is 12.6. The van der Waals surface area contributed by atoms with Gasteiger partial charge in [0.25, 0.3) is 0 Å². The summed E-state index contributed by atoms with van der Waals surface area (Å²) in [5.74, 6) is -0.669. The van der Waals surface area contributed by atoms with Crippen LogP contribution in [-0.4, -0.2) is 22.7 Å². The minimum atomic E-state index is -0.669. The first-order valence-corrected chi connectivity index (χ1v) is 5.62. The van der Waals surface area contributed by atoms with Gasteiger partial charge in [-0.2, -0.15) is 0 Å². The number of rotatable bonds is 4. The molecule has 1 aliphatic carbocycles. The maximum Gasteiger partial charge on any atom is 0.323 e. The minimum Gasteiger partial charge on any atom is -0.480 e. The van der Waals surface area contributed by atoms with E-state index in [-0.39, 0.29) is 0 Å². The summed E-state index contributed by atoms with van der Waals surface area (Å²) in [5.41, 5.74) is -0.631. The largest absolute Gasteiger partial charge is 0.480 e. The van der Waals surface area contributed by atoms with Crippen LogP contribution in [0.25, 0.3) is 0 Å². The molecular weight excluding hydrogens is 178 g/mol. The van der Waals surface area contributed by atoms with Crippen LogP contribution in [0.5, 0.6) is 0 Å². The highest BCUT2D eigenvalue weighted by atomic mass is 16.4. The van der Waals surface area contributed by atoms with Gasteiger partial charge in [-0.15, -0.1) is 0 Å². The van der Waals surface area contributed by atoms with Gasteiger partial charge in [-0.25, -0.2) is 0 Å². The molecule has 0 radical (unpaired) electrons. The third kappa shape index (κ3) is 2.47. The van der Waals surface area contributed by atoms with Gasteiger partial charge in [-0.3, -0.25) is 10.1 Å². The monoisotopic (exact) mass is 199 g/mol. The van der Waals surface area contributed by atoms with Crippen molar-refractivity contribution in [1.29, 1.82) is 0 Å². The van der Waals surface area contributed by atoms with Crippen molar-refractivity contribution < 1.29 is 9.90 Å². The predicted octanol–water partition coefficient (Wildman–Crippen LogP) is 2.16. The molecule has 0 aromatic carbocycles. The van der Waals surface area contributed by atoms with Gasteiger partial charge >= 0.3 is 5.97 Å². The lowest BCUT2D eigenvalue weighted by Crippen LogP contribution is -2.56. The van der Waals surface area contributed by atoms with E-state index in [1.165, 1.54) is 6.42 Å². The quantitative estimate of drug-likeness (QED) is 0.729. The Morgan fingerprint density at radius 3 is 2.43 bits per heavy atom. The summed E-state index contributed by atoms with van der Waals surface area (Å²) < 4.78 is 0. The normalized spacial score (nSPS) is 23.0. The second-order valence-electron chi connectivity index (χ2n) is 4.40. The average molecular weight is 199 g/mol. The van der Waals surface area contributed by atoms with Crippen molar-refractivity contribution in [3.8, 4) is 0 Å². The van der Waals surface area contributed by atoms with Crippen LogP contribution in [0, 0.1) is 0 Å². The Bertz CT molecular complexity index is 197. The fourth-order valence-electron chi connectivity index (χ4n) is 2.15. The SMILES string of the molecule is CCC(C)NC1(C(=O)O)CCCCC1. The molecule has 0 amide bonds. The van der Waals surface area contributed by atoms with Crippen molar-refractivity contribution in [1.82, 2.24) is 5.32 Å². The maximum atomic E-state index is 11.3. The molecule has 0 spiro atoms. The number of carboxylic acid groups (broad SMARTS) is 1. The van der Waals surface area contributed by atoms with Gasteiger partial charge in [0, 0.05) is 6.04 Å². The van der Waals surface area contributed by atoms with Gasteiger partial charge in [-0.05, 0) is 26.2 Å². The molecule has 3 nitrogen and oxygen atoms in total. The Labute approximate surface area is 85.9 Å². The fourth-order valence-corrected chi connectivity index (χ4v) is 2.15. The van der Waals surface area contributed by atoms with Crippen LogP contribution in [0.1, 0.15) is 52.4 Å². The summed E-state index contributed by atoms with van der Waals surface area (Å²) in [6.45, 7) is 4.13. The zero-order valence-corrected chi connectivity index (χ0v) is 9.18. The molecule has 1 aliphatic rings. The van der Waals surface area contributed by atoms with E-state index in [9.17, 15) is 9.90 Å². The van der Waals surface area contributed by atoms with E-state index in [1.54, 1.807) is 0 Å². The molecule has 3 heteroatoms. The number of hydrogen-bond donors (Lipinski definition) is 2. The molecule has 2 N–H and O–H groups in total. The number of hydrogen-bond acceptors (Lipinski definition) is 2. The molecule has 0 heterocycles. The molecule has 0 aromatic heterocycles. The van der Waals surface area contributed by atoms with E-state index in [0.29, 0.717) is 6.04 Å². The van der Waals surface area contributed by atoms with E-state index < -0.39 is 11.5 Å². The second kappa shape index (κ2) is 4.78. The molecule has 1 saturated carbocycles. The average Bonchev–Trinajstić information content (AvgIpc) is 2.19. The summed E-state index contributed by atoms with van der Waals surface area (Å²) in [7, 11) is 0. The number of carbonyl (C=O) groups is 1. The lowest BCUT2D eigenvalue weighted by atomic mass is 9.81. The van der Waals surface area contributed by atoms with E-state index >= 15 is 0 Å². The van der Waals surface area contributed by atoms with Crippen LogP contribution in [-0.2, 0) is 4.79 Å². The van der Waals surface area contributed by atoms with Gasteiger partial charge in [0.15, 0.2) is 0 Å². The number of carboxylic acids is 1. The number of nitrogens with one attached hydrogen (secondary N) is 1. The van der Waals surface area contributed by atoms with E-state index in [1.807, 2.05) is 0 Å². The maximum absolute atomic E-state index is 11.3. The van der Waals surface area contributed by atoms with Crippen LogP contribution < -0.4 is 5.32 Å². The first kappa shape index (κ1) is 11.5. The molecule has 0 aliphatic heterocycles. The minimum absolute atomic E-state index is 0.296. The van der Waals surface area contributed by atoms with Gasteiger partial charge in [-0.1, -0.05) is 26.2 Å². The zero-order chi connectivity index (χ0) is 10.6. The van der Waals surface area contributed by atoms with Crippen LogP contribution in [0.3, 0.4) is 0 Å². The van der Waals surface area contributed by atoms with Crippen molar-refractivity contribution >= 4 is 5.97 Å². The molecule has 0 aromatic rings. The molecule has 1 rings (SSSR count). The molecule has 1 atom stereocenters. The first-order valence-electron chi connectivity index (χ1n) is 5.62. The summed E-state index contributed by atoms with van der Waals surface area (Å²) in [6.07, 6.45) is 5.80. The zero-order valence-electron chi connectivity index (χ0n) is 9.18. The predicted molar refractivity (Wildman–Crippen MR) is 56.3 cm³/mol. The second-order valence-corrected chi connectivity index (χ2v) is 4.40. The lowest BCUT2D eigenvalue weighted by Gasteiger charge is -2.36. The lowest BCUT2D eigenvalue weighted by molar-refractivity contribution is -0.146. The van der Waals surface area contributed by atoms with Crippen LogP contribution in [0.15, 0.2) is 0 Å². The van der Waals surface area contributed by atoms with Gasteiger partial charge < -0.3 is 5.11 Å². The highest BCUT2D eigenvalue weighted by Gasteiger charge is 2.39. The molecule has 0 saturated heterocycles. The Kier molecular flexibility index (Phi) is 3.93. The Morgan fingerprint density at radius 2 is 2.00 bits per heavy atom. The first-order chi connectivity index (χ1) is 6.60. The van der Waals surface area contributed by atoms with Gasteiger partial charge in [0.1, 0.15) is 5.54 Å². The van der Waals surface area contributed by atoms with Crippen molar-refractivity contribution in [3.05, 3.63) is 0 Å². The van der Waals surface area contributed by atoms with Crippen LogP contribution in [0.4, 0.5) is 0 Å². The van der Waals surface area contributed by atoms with E-state index in [0.717, 1.165) is 32.1 Å². The highest BCUT2D eigenvalue weighted by molar-refractivity contribution is 5.79. The fraction of sp³-hybridized carbons (Fsp3) is 0.909. The standard InChI is InChI=1S/C11H21NO2/c1-3-9(2)12-11(10(13)14)7-5-4-6-8-11/h9,12H,3-8H2,1-2H3,(H,13,14). The van der Waals surface area contributed by atoms with Gasteiger partial charge in [0.2, 0.25) is 0 Å². The Morgan fingerprint density at radius 1 is 1.43 bits per heavy atom. The van der Waals surface area contributed by atoms with E-state index in [4.69, 9.17) is 0 Å². The number of aliphatic carboxylic acids is 1. The highest BCUT2D eigenvalue weighted by Crippen LogP contribution is 2.29. The van der Waals surface area contributed by atoms with Crippen LogP contribution in [0.2, 0.25) is 0 Å². The summed E-state index contributed by atoms with van der Waals surface area (Å²) in [4.78, 5) is 11.3. The molecule has 0 bridgehead atoms. The van der Waals surface area contributed by atoms with Crippen LogP contribution >= 0.6 is 0 Å². The van der Waals surface area contributed by atoms with Crippen molar-refractivity contribution in [2.75, 3.05) is 0 Å². The Balaban J connectivity index is 2.65. The topological polar surface area (TPSA) is 49.3 Å². The molecule has 1 unspecified atom stereocenters. The molecule has 14 heavy (non-hydrogen) atoms. The third-order valence-corrected chi connectivity index (χ3v) is 3.25. The van der Waals surface area contributed by atoms with E-state index in [2.05, 4.69) is 19.2 Å². The third-order valence-electron chi connectivity index (χ3n) is 3.25. The van der Waals surface area contributed by atoms with Crippen molar-refractivity contribution in [2.45, 2.75) is 64.0 Å².